The van der Waals surface area contributed by atoms with Gasteiger partial charge in [-0.25, -0.2) is 0 Å². The Balaban J connectivity index is 1.55. The van der Waals surface area contributed by atoms with Gasteiger partial charge in [0.2, 0.25) is 11.8 Å². The minimum Gasteiger partial charge on any atom is -0.493 e. The van der Waals surface area contributed by atoms with Crippen LogP contribution in [0.2, 0.25) is 0 Å². The third kappa shape index (κ3) is 4.66. The Morgan fingerprint density at radius 2 is 1.92 bits per heavy atom. The Morgan fingerprint density at radius 1 is 1.11 bits per heavy atom. The van der Waals surface area contributed by atoms with Crippen molar-refractivity contribution < 1.29 is 23.8 Å². The molecule has 0 aliphatic carbocycles. The smallest absolute Gasteiger partial charge is 0.246 e. The maximum atomic E-state index is 13.8. The number of aromatic nitrogens is 1. The summed E-state index contributed by atoms with van der Waals surface area (Å²) in [5.41, 5.74) is 3.90. The highest BCUT2D eigenvalue weighted by molar-refractivity contribution is 5.97. The molecule has 2 aliphatic rings. The molecule has 0 radical (unpaired) electrons. The topological polar surface area (TPSA) is 84.1 Å². The van der Waals surface area contributed by atoms with Gasteiger partial charge in [0, 0.05) is 36.2 Å². The van der Waals surface area contributed by atoms with Crippen LogP contribution in [0.15, 0.2) is 42.5 Å². The summed E-state index contributed by atoms with van der Waals surface area (Å²) >= 11 is 0. The molecule has 8 heteroatoms. The van der Waals surface area contributed by atoms with Crippen molar-refractivity contribution in [1.29, 1.82) is 0 Å². The van der Waals surface area contributed by atoms with Gasteiger partial charge >= 0.3 is 0 Å². The van der Waals surface area contributed by atoms with Gasteiger partial charge in [0.15, 0.2) is 11.5 Å². The fourth-order valence-electron chi connectivity index (χ4n) is 5.56. The lowest BCUT2D eigenvalue weighted by Crippen LogP contribution is -2.63. The van der Waals surface area contributed by atoms with Crippen molar-refractivity contribution in [3.05, 3.63) is 59.3 Å². The maximum absolute atomic E-state index is 13.8. The number of fused-ring (bicyclic) bond motifs is 4. The first kappa shape index (κ1) is 25.1. The molecule has 196 valence electrons. The molecule has 0 spiro atoms. The standard InChI is InChI=1S/C29H35N3O5/c1-5-36-24-12-11-19(15-25(24)35-4)28-27-21(20-9-6-7-10-22(20)30-27)16-23-29(34)31(17-26(33)32(23)28)13-8-14-37-18(2)3/h6-7,9-12,15,18,23,28,30H,5,8,13-14,16-17H2,1-4H3/t23-,28+/m0/s1. The zero-order valence-corrected chi connectivity index (χ0v) is 22.0. The largest absolute Gasteiger partial charge is 0.493 e. The number of nitrogens with zero attached hydrogens (tertiary/aromatic N) is 2. The van der Waals surface area contributed by atoms with Gasteiger partial charge in [-0.1, -0.05) is 24.3 Å². The number of H-pyrrole nitrogens is 1. The number of methoxy groups -OCH3 is 1. The number of benzene rings is 2. The SMILES string of the molecule is CCOc1ccc([C@@H]2c3[nH]c4ccccc4c3C[C@H]3C(=O)N(CCCOC(C)C)CC(=O)N23)cc1OC. The lowest BCUT2D eigenvalue weighted by atomic mass is 9.86. The average molecular weight is 506 g/mol. The van der Waals surface area contributed by atoms with Crippen molar-refractivity contribution >= 4 is 22.7 Å². The number of hydrogen-bond donors (Lipinski definition) is 1. The van der Waals surface area contributed by atoms with Crippen LogP contribution >= 0.6 is 0 Å². The predicted octanol–water partition coefficient (Wildman–Crippen LogP) is 4.08. The van der Waals surface area contributed by atoms with Crippen LogP contribution in [0.3, 0.4) is 0 Å². The van der Waals surface area contributed by atoms with Crippen molar-refractivity contribution in [2.24, 2.45) is 0 Å². The van der Waals surface area contributed by atoms with Crippen molar-refractivity contribution in [1.82, 2.24) is 14.8 Å². The van der Waals surface area contributed by atoms with Gasteiger partial charge in [0.05, 0.1) is 32.4 Å². The van der Waals surface area contributed by atoms with E-state index in [0.717, 1.165) is 27.7 Å². The van der Waals surface area contributed by atoms with Crippen LogP contribution in [-0.4, -0.2) is 72.2 Å². The number of carbonyl (C=O) groups excluding carboxylic acids is 2. The molecule has 2 aromatic carbocycles. The van der Waals surface area contributed by atoms with Crippen LogP contribution in [0, 0.1) is 0 Å². The second kappa shape index (κ2) is 10.5. The number of ether oxygens (including phenoxy) is 3. The first-order valence-corrected chi connectivity index (χ1v) is 13.0. The number of nitrogens with one attached hydrogen (secondary N) is 1. The number of rotatable bonds is 9. The average Bonchev–Trinajstić information content (AvgIpc) is 3.27. The van der Waals surface area contributed by atoms with E-state index in [2.05, 4.69) is 11.1 Å². The minimum absolute atomic E-state index is 0.0111. The van der Waals surface area contributed by atoms with E-state index in [1.54, 1.807) is 16.9 Å². The third-order valence-electron chi connectivity index (χ3n) is 7.17. The fraction of sp³-hybridized carbons (Fsp3) is 0.448. The van der Waals surface area contributed by atoms with Crippen LogP contribution in [0.5, 0.6) is 11.5 Å². The molecule has 0 saturated carbocycles. The molecule has 3 aromatic rings. The Morgan fingerprint density at radius 3 is 2.68 bits per heavy atom. The molecule has 0 bridgehead atoms. The summed E-state index contributed by atoms with van der Waals surface area (Å²) in [6.07, 6.45) is 1.31. The number of hydrogen-bond acceptors (Lipinski definition) is 5. The van der Waals surface area contributed by atoms with Gasteiger partial charge in [-0.15, -0.1) is 0 Å². The van der Waals surface area contributed by atoms with Crippen LogP contribution in [0.1, 0.15) is 50.1 Å². The number of aromatic amines is 1. The molecule has 1 N–H and O–H groups in total. The summed E-state index contributed by atoms with van der Waals surface area (Å²) in [4.78, 5) is 34.5. The number of amides is 2. The van der Waals surface area contributed by atoms with Crippen molar-refractivity contribution in [3.63, 3.8) is 0 Å². The van der Waals surface area contributed by atoms with Gasteiger partial charge in [-0.05, 0) is 56.5 Å². The first-order chi connectivity index (χ1) is 17.9. The van der Waals surface area contributed by atoms with Gasteiger partial charge in [-0.3, -0.25) is 9.59 Å². The molecule has 37 heavy (non-hydrogen) atoms. The van der Waals surface area contributed by atoms with Gasteiger partial charge < -0.3 is 29.0 Å². The van der Waals surface area contributed by atoms with E-state index < -0.39 is 12.1 Å². The molecular formula is C29H35N3O5. The highest BCUT2D eigenvalue weighted by Crippen LogP contribution is 2.44. The van der Waals surface area contributed by atoms with E-state index in [0.29, 0.717) is 44.1 Å². The summed E-state index contributed by atoms with van der Waals surface area (Å²) in [6, 6.07) is 12.9. The molecule has 2 atom stereocenters. The van der Waals surface area contributed by atoms with E-state index >= 15 is 0 Å². The molecule has 3 heterocycles. The summed E-state index contributed by atoms with van der Waals surface area (Å²) in [7, 11) is 1.61. The lowest BCUT2D eigenvalue weighted by Gasteiger charge is -2.47. The van der Waals surface area contributed by atoms with E-state index in [9.17, 15) is 9.59 Å². The van der Waals surface area contributed by atoms with Crippen molar-refractivity contribution in [2.45, 2.75) is 51.8 Å². The molecule has 2 amide bonds. The van der Waals surface area contributed by atoms with Gasteiger partial charge in [-0.2, -0.15) is 0 Å². The number of para-hydroxylation sites is 1. The van der Waals surface area contributed by atoms with E-state index in [4.69, 9.17) is 14.2 Å². The van der Waals surface area contributed by atoms with Crippen LogP contribution < -0.4 is 9.47 Å². The number of carbonyl (C=O) groups is 2. The van der Waals surface area contributed by atoms with Gasteiger partial charge in [0.25, 0.3) is 0 Å². The van der Waals surface area contributed by atoms with Crippen LogP contribution in [0.4, 0.5) is 0 Å². The monoisotopic (exact) mass is 505 g/mol. The van der Waals surface area contributed by atoms with Crippen molar-refractivity contribution in [3.8, 4) is 11.5 Å². The molecule has 5 rings (SSSR count). The Kier molecular flexibility index (Phi) is 7.11. The van der Waals surface area contributed by atoms with E-state index in [-0.39, 0.29) is 24.5 Å². The Labute approximate surface area is 217 Å². The highest BCUT2D eigenvalue weighted by atomic mass is 16.5. The van der Waals surface area contributed by atoms with E-state index in [1.165, 1.54) is 0 Å². The first-order valence-electron chi connectivity index (χ1n) is 13.0. The predicted molar refractivity (Wildman–Crippen MR) is 141 cm³/mol. The zero-order chi connectivity index (χ0) is 26.1. The molecule has 1 fully saturated rings. The summed E-state index contributed by atoms with van der Waals surface area (Å²) < 4.78 is 17.0. The Hall–Kier alpha value is -3.52. The normalized spacial score (nSPS) is 19.4. The lowest BCUT2D eigenvalue weighted by molar-refractivity contribution is -0.158. The van der Waals surface area contributed by atoms with Crippen LogP contribution in [0.25, 0.3) is 10.9 Å². The second-order valence-corrected chi connectivity index (χ2v) is 9.86. The van der Waals surface area contributed by atoms with Crippen molar-refractivity contribution in [2.75, 3.05) is 33.4 Å². The minimum atomic E-state index is -0.568. The fourth-order valence-corrected chi connectivity index (χ4v) is 5.56. The van der Waals surface area contributed by atoms with Gasteiger partial charge in [0.1, 0.15) is 6.04 Å². The maximum Gasteiger partial charge on any atom is 0.246 e. The summed E-state index contributed by atoms with van der Waals surface area (Å²) in [5, 5.41) is 1.09. The molecule has 1 aromatic heterocycles. The quantitative estimate of drug-likeness (QED) is 0.443. The molecule has 8 nitrogen and oxygen atoms in total. The highest BCUT2D eigenvalue weighted by Gasteiger charge is 2.48. The summed E-state index contributed by atoms with van der Waals surface area (Å²) in [6.45, 7) is 7.56. The zero-order valence-electron chi connectivity index (χ0n) is 22.0. The van der Waals surface area contributed by atoms with E-state index in [1.807, 2.05) is 57.2 Å². The Bertz CT molecular complexity index is 1300. The second-order valence-electron chi connectivity index (χ2n) is 9.86. The molecule has 1 saturated heterocycles. The summed E-state index contributed by atoms with van der Waals surface area (Å²) in [5.74, 6) is 1.18. The van der Waals surface area contributed by atoms with Crippen LogP contribution in [-0.2, 0) is 20.7 Å². The number of piperazine rings is 1. The molecule has 2 aliphatic heterocycles. The molecule has 0 unspecified atom stereocenters. The third-order valence-corrected chi connectivity index (χ3v) is 7.17. The molecular weight excluding hydrogens is 470 g/mol.